The van der Waals surface area contributed by atoms with Crippen molar-refractivity contribution in [3.63, 3.8) is 0 Å². The predicted octanol–water partition coefficient (Wildman–Crippen LogP) is 4.89. The van der Waals surface area contributed by atoms with Gasteiger partial charge in [0.2, 0.25) is 5.82 Å². The fraction of sp³-hybridized carbons (Fsp3) is 0.286. The molecule has 2 aromatic carbocycles. The first-order valence-electron chi connectivity index (χ1n) is 9.45. The molecule has 0 fully saturated rings. The van der Waals surface area contributed by atoms with E-state index < -0.39 is 14.0 Å². The Morgan fingerprint density at radius 3 is 2.48 bits per heavy atom. The zero-order valence-corrected chi connectivity index (χ0v) is 19.6. The summed E-state index contributed by atoms with van der Waals surface area (Å²) < 4.78 is 8.52. The Morgan fingerprint density at radius 1 is 1.17 bits per heavy atom. The molecule has 1 unspecified atom stereocenters. The molecule has 1 aromatic heterocycles. The lowest BCUT2D eigenvalue weighted by Gasteiger charge is -2.29. The Morgan fingerprint density at radius 2 is 1.86 bits per heavy atom. The Balaban J connectivity index is 2.10. The standard InChI is InChI=1S/C21H25BrN4O2Si/c1-5-28-21(29(2,3)4)26-20(18(23)27)24-19(25-26)15-10-8-9-14(13-15)16-11-6-7-12-17(16)22/h6-13,21H,5H2,1-4H3,(H2,23,27). The molecule has 1 atom stereocenters. The number of primary amides is 1. The van der Waals surface area contributed by atoms with Crippen LogP contribution in [-0.2, 0) is 4.74 Å². The van der Waals surface area contributed by atoms with Gasteiger partial charge in [0.25, 0.3) is 5.91 Å². The molecular formula is C21H25BrN4O2Si. The largest absolute Gasteiger partial charge is 0.363 e. The molecule has 0 spiro atoms. The van der Waals surface area contributed by atoms with Gasteiger partial charge in [-0.05, 0) is 30.2 Å². The van der Waals surface area contributed by atoms with E-state index in [1.807, 2.05) is 55.5 Å². The van der Waals surface area contributed by atoms with Gasteiger partial charge in [-0.1, -0.05) is 72.0 Å². The molecule has 0 saturated carbocycles. The van der Waals surface area contributed by atoms with Crippen LogP contribution < -0.4 is 5.73 Å². The number of rotatable bonds is 7. The Kier molecular flexibility index (Phi) is 6.35. The van der Waals surface area contributed by atoms with Crippen LogP contribution in [0.3, 0.4) is 0 Å². The Bertz CT molecular complexity index is 1030. The fourth-order valence-corrected chi connectivity index (χ4v) is 5.24. The van der Waals surface area contributed by atoms with E-state index in [1.165, 1.54) is 0 Å². The van der Waals surface area contributed by atoms with Gasteiger partial charge < -0.3 is 10.5 Å². The van der Waals surface area contributed by atoms with E-state index in [1.54, 1.807) is 4.68 Å². The lowest BCUT2D eigenvalue weighted by atomic mass is 10.0. The molecule has 2 N–H and O–H groups in total. The fourth-order valence-electron chi connectivity index (χ4n) is 3.14. The summed E-state index contributed by atoms with van der Waals surface area (Å²) >= 11 is 3.60. The molecule has 0 radical (unpaired) electrons. The summed E-state index contributed by atoms with van der Waals surface area (Å²) in [5, 5.41) is 4.65. The maximum absolute atomic E-state index is 12.1. The Labute approximate surface area is 180 Å². The van der Waals surface area contributed by atoms with Crippen LogP contribution in [0, 0.1) is 0 Å². The summed E-state index contributed by atoms with van der Waals surface area (Å²) in [6.45, 7) is 8.92. The van der Waals surface area contributed by atoms with Crippen LogP contribution in [0.2, 0.25) is 19.6 Å². The van der Waals surface area contributed by atoms with Crippen LogP contribution in [0.25, 0.3) is 22.5 Å². The maximum Gasteiger partial charge on any atom is 0.286 e. The molecule has 0 saturated heterocycles. The molecule has 152 valence electrons. The zero-order valence-electron chi connectivity index (χ0n) is 17.0. The van der Waals surface area contributed by atoms with Crippen molar-refractivity contribution in [2.45, 2.75) is 32.4 Å². The number of carbonyl (C=O) groups excluding carboxylic acids is 1. The normalized spacial score (nSPS) is 12.7. The van der Waals surface area contributed by atoms with E-state index in [0.29, 0.717) is 12.4 Å². The molecule has 0 bridgehead atoms. The highest BCUT2D eigenvalue weighted by Crippen LogP contribution is 2.31. The van der Waals surface area contributed by atoms with Crippen LogP contribution in [0.15, 0.2) is 53.0 Å². The van der Waals surface area contributed by atoms with Gasteiger partial charge in [-0.2, -0.15) is 0 Å². The first-order chi connectivity index (χ1) is 13.7. The van der Waals surface area contributed by atoms with Crippen molar-refractivity contribution in [2.24, 2.45) is 5.73 Å². The van der Waals surface area contributed by atoms with E-state index in [9.17, 15) is 4.79 Å². The monoisotopic (exact) mass is 472 g/mol. The van der Waals surface area contributed by atoms with Gasteiger partial charge >= 0.3 is 0 Å². The zero-order chi connectivity index (χ0) is 21.2. The SMILES string of the molecule is CCOC(n1nc(-c2cccc(-c3ccccc3Br)c2)nc1C(N)=O)[Si](C)(C)C. The van der Waals surface area contributed by atoms with Crippen molar-refractivity contribution in [1.29, 1.82) is 0 Å². The third-order valence-electron chi connectivity index (χ3n) is 4.44. The van der Waals surface area contributed by atoms with Crippen LogP contribution in [-0.4, -0.2) is 35.4 Å². The molecule has 0 aliphatic heterocycles. The third kappa shape index (κ3) is 4.66. The lowest BCUT2D eigenvalue weighted by Crippen LogP contribution is -2.40. The number of halogens is 1. The molecule has 0 aliphatic carbocycles. The maximum atomic E-state index is 12.1. The number of hydrogen-bond acceptors (Lipinski definition) is 4. The highest BCUT2D eigenvalue weighted by molar-refractivity contribution is 9.10. The van der Waals surface area contributed by atoms with Gasteiger partial charge in [-0.3, -0.25) is 4.79 Å². The number of hydrogen-bond donors (Lipinski definition) is 1. The van der Waals surface area contributed by atoms with Gasteiger partial charge in [-0.15, -0.1) is 5.10 Å². The summed E-state index contributed by atoms with van der Waals surface area (Å²) in [4.78, 5) is 16.5. The minimum absolute atomic E-state index is 0.118. The number of carbonyl (C=O) groups is 1. The number of aromatic nitrogens is 3. The molecular weight excluding hydrogens is 448 g/mol. The number of benzene rings is 2. The Hall–Kier alpha value is -2.29. The van der Waals surface area contributed by atoms with Gasteiger partial charge in [0.05, 0.1) is 0 Å². The van der Waals surface area contributed by atoms with E-state index >= 15 is 0 Å². The lowest BCUT2D eigenvalue weighted by molar-refractivity contribution is 0.0515. The van der Waals surface area contributed by atoms with Gasteiger partial charge in [0.1, 0.15) is 13.9 Å². The summed E-state index contributed by atoms with van der Waals surface area (Å²) in [6, 6.07) is 15.9. The molecule has 1 heterocycles. The van der Waals surface area contributed by atoms with E-state index in [-0.39, 0.29) is 11.7 Å². The summed E-state index contributed by atoms with van der Waals surface area (Å²) in [5.41, 5.74) is 8.52. The molecule has 8 heteroatoms. The first kappa shape index (κ1) is 21.4. The van der Waals surface area contributed by atoms with Crippen LogP contribution in [0.1, 0.15) is 23.4 Å². The summed E-state index contributed by atoms with van der Waals surface area (Å²) in [6.07, 6.45) is 0. The summed E-state index contributed by atoms with van der Waals surface area (Å²) in [7, 11) is -1.86. The van der Waals surface area contributed by atoms with Crippen LogP contribution >= 0.6 is 15.9 Å². The highest BCUT2D eigenvalue weighted by atomic mass is 79.9. The smallest absolute Gasteiger partial charge is 0.286 e. The minimum atomic E-state index is -1.86. The number of nitrogens with zero attached hydrogens (tertiary/aromatic N) is 3. The van der Waals surface area contributed by atoms with Gasteiger partial charge in [-0.25, -0.2) is 9.67 Å². The molecule has 6 nitrogen and oxygen atoms in total. The molecule has 3 aromatic rings. The van der Waals surface area contributed by atoms with Crippen molar-refractivity contribution in [3.8, 4) is 22.5 Å². The van der Waals surface area contributed by atoms with Crippen LogP contribution in [0.5, 0.6) is 0 Å². The van der Waals surface area contributed by atoms with Gasteiger partial charge in [0, 0.05) is 16.6 Å². The van der Waals surface area contributed by atoms with Gasteiger partial charge in [0.15, 0.2) is 5.82 Å². The highest BCUT2D eigenvalue weighted by Gasteiger charge is 2.33. The van der Waals surface area contributed by atoms with Crippen LogP contribution in [0.4, 0.5) is 0 Å². The number of nitrogens with two attached hydrogens (primary N) is 1. The quantitative estimate of drug-likeness (QED) is 0.496. The van der Waals surface area contributed by atoms with E-state index in [4.69, 9.17) is 10.5 Å². The second-order valence-corrected chi connectivity index (χ2v) is 13.9. The number of amides is 1. The minimum Gasteiger partial charge on any atom is -0.363 e. The van der Waals surface area contributed by atoms with Crippen molar-refractivity contribution in [1.82, 2.24) is 14.8 Å². The second-order valence-electron chi connectivity index (χ2n) is 7.80. The van der Waals surface area contributed by atoms with Crippen molar-refractivity contribution in [3.05, 3.63) is 58.8 Å². The predicted molar refractivity (Wildman–Crippen MR) is 121 cm³/mol. The molecule has 0 aliphatic rings. The topological polar surface area (TPSA) is 83.0 Å². The average molecular weight is 473 g/mol. The average Bonchev–Trinajstić information content (AvgIpc) is 3.11. The molecule has 29 heavy (non-hydrogen) atoms. The van der Waals surface area contributed by atoms with E-state index in [0.717, 1.165) is 21.2 Å². The second kappa shape index (κ2) is 8.60. The van der Waals surface area contributed by atoms with E-state index in [2.05, 4.69) is 45.7 Å². The van der Waals surface area contributed by atoms with Crippen molar-refractivity contribution in [2.75, 3.05) is 6.61 Å². The third-order valence-corrected chi connectivity index (χ3v) is 7.03. The molecule has 3 rings (SSSR count). The number of ether oxygens (including phenoxy) is 1. The summed E-state index contributed by atoms with van der Waals surface area (Å²) in [5.74, 6) is -0.376. The molecule has 1 amide bonds. The first-order valence-corrected chi connectivity index (χ1v) is 13.8. The van der Waals surface area contributed by atoms with Crippen molar-refractivity contribution < 1.29 is 9.53 Å². The van der Waals surface area contributed by atoms with Crippen molar-refractivity contribution >= 4 is 29.9 Å².